The standard InChI is InChI=1S/C15H24O6/c1-2-3-4-5-8-21-15(20)11-7-6-10(13(16)17)9-12(11)14(18)19/h10-12H,2-9H2,1H3,(H,16,17)(H,18,19). The van der Waals surface area contributed by atoms with Gasteiger partial charge in [-0.1, -0.05) is 26.2 Å². The first-order valence-corrected chi connectivity index (χ1v) is 7.59. The zero-order valence-electron chi connectivity index (χ0n) is 12.4. The fourth-order valence-electron chi connectivity index (χ4n) is 2.76. The fourth-order valence-corrected chi connectivity index (χ4v) is 2.76. The second-order valence-corrected chi connectivity index (χ2v) is 5.63. The highest BCUT2D eigenvalue weighted by Gasteiger charge is 2.42. The third-order valence-corrected chi connectivity index (χ3v) is 4.06. The monoisotopic (exact) mass is 300 g/mol. The molecule has 0 bridgehead atoms. The molecule has 0 saturated heterocycles. The Bertz CT molecular complexity index is 378. The van der Waals surface area contributed by atoms with E-state index in [9.17, 15) is 19.5 Å². The van der Waals surface area contributed by atoms with E-state index in [0.717, 1.165) is 25.7 Å². The summed E-state index contributed by atoms with van der Waals surface area (Å²) in [5.74, 6) is -4.96. The predicted octanol–water partition coefficient (Wildman–Crippen LogP) is 2.31. The number of esters is 1. The van der Waals surface area contributed by atoms with Crippen molar-refractivity contribution >= 4 is 17.9 Å². The van der Waals surface area contributed by atoms with Gasteiger partial charge in [-0.3, -0.25) is 14.4 Å². The lowest BCUT2D eigenvalue weighted by molar-refractivity contribution is -0.163. The summed E-state index contributed by atoms with van der Waals surface area (Å²) in [6.07, 6.45) is 4.53. The van der Waals surface area contributed by atoms with Gasteiger partial charge in [-0.2, -0.15) is 0 Å². The van der Waals surface area contributed by atoms with E-state index >= 15 is 0 Å². The van der Waals surface area contributed by atoms with Gasteiger partial charge in [-0.15, -0.1) is 0 Å². The molecule has 0 aromatic carbocycles. The molecule has 0 spiro atoms. The van der Waals surface area contributed by atoms with Gasteiger partial charge in [0.15, 0.2) is 0 Å². The Labute approximate surface area is 124 Å². The van der Waals surface area contributed by atoms with Crippen LogP contribution in [0.2, 0.25) is 0 Å². The summed E-state index contributed by atoms with van der Waals surface area (Å²) in [4.78, 5) is 34.2. The SMILES string of the molecule is CCCCCCOC(=O)C1CCC(C(=O)O)CC1C(=O)O. The molecule has 2 N–H and O–H groups in total. The van der Waals surface area contributed by atoms with Crippen molar-refractivity contribution in [2.45, 2.75) is 51.9 Å². The van der Waals surface area contributed by atoms with Gasteiger partial charge in [0.05, 0.1) is 24.4 Å². The number of carboxylic acid groups (broad SMARTS) is 2. The molecule has 1 fully saturated rings. The first-order valence-electron chi connectivity index (χ1n) is 7.59. The third-order valence-electron chi connectivity index (χ3n) is 4.06. The number of hydrogen-bond acceptors (Lipinski definition) is 4. The Kier molecular flexibility index (Phi) is 7.19. The second-order valence-electron chi connectivity index (χ2n) is 5.63. The quantitative estimate of drug-likeness (QED) is 0.527. The molecule has 6 heteroatoms. The topological polar surface area (TPSA) is 101 Å². The molecule has 1 aliphatic carbocycles. The third kappa shape index (κ3) is 5.36. The Balaban J connectivity index is 2.49. The van der Waals surface area contributed by atoms with Crippen LogP contribution in [-0.2, 0) is 19.1 Å². The van der Waals surface area contributed by atoms with Crippen LogP contribution in [0.1, 0.15) is 51.9 Å². The van der Waals surface area contributed by atoms with E-state index in [2.05, 4.69) is 6.92 Å². The Morgan fingerprint density at radius 2 is 1.71 bits per heavy atom. The largest absolute Gasteiger partial charge is 0.481 e. The van der Waals surface area contributed by atoms with E-state index in [1.807, 2.05) is 0 Å². The highest BCUT2D eigenvalue weighted by Crippen LogP contribution is 2.35. The lowest BCUT2D eigenvalue weighted by atomic mass is 9.74. The average Bonchev–Trinajstić information content (AvgIpc) is 2.46. The molecule has 0 aromatic heterocycles. The summed E-state index contributed by atoms with van der Waals surface area (Å²) in [5, 5.41) is 18.2. The van der Waals surface area contributed by atoms with Crippen molar-refractivity contribution in [3.05, 3.63) is 0 Å². The molecular formula is C15H24O6. The minimum Gasteiger partial charge on any atom is -0.481 e. The van der Waals surface area contributed by atoms with Gasteiger partial charge in [0.1, 0.15) is 0 Å². The molecule has 1 aliphatic rings. The van der Waals surface area contributed by atoms with Crippen molar-refractivity contribution in [3.8, 4) is 0 Å². The van der Waals surface area contributed by atoms with E-state index in [-0.39, 0.29) is 12.8 Å². The molecule has 3 unspecified atom stereocenters. The van der Waals surface area contributed by atoms with Crippen molar-refractivity contribution in [1.82, 2.24) is 0 Å². The number of carbonyl (C=O) groups is 3. The van der Waals surface area contributed by atoms with Gasteiger partial charge in [0.25, 0.3) is 0 Å². The first-order chi connectivity index (χ1) is 9.97. The molecule has 21 heavy (non-hydrogen) atoms. The van der Waals surface area contributed by atoms with Crippen molar-refractivity contribution < 1.29 is 29.3 Å². The molecule has 1 rings (SSSR count). The predicted molar refractivity (Wildman–Crippen MR) is 74.7 cm³/mol. The molecule has 1 saturated carbocycles. The molecule has 0 aromatic rings. The number of aliphatic carboxylic acids is 2. The van der Waals surface area contributed by atoms with Crippen LogP contribution in [0.5, 0.6) is 0 Å². The Hall–Kier alpha value is -1.59. The van der Waals surface area contributed by atoms with Gasteiger partial charge < -0.3 is 14.9 Å². The van der Waals surface area contributed by atoms with Gasteiger partial charge in [-0.25, -0.2) is 0 Å². The zero-order chi connectivity index (χ0) is 15.8. The maximum atomic E-state index is 12.0. The zero-order valence-corrected chi connectivity index (χ0v) is 12.4. The number of unbranched alkanes of at least 4 members (excludes halogenated alkanes) is 3. The molecule has 0 heterocycles. The lowest BCUT2D eigenvalue weighted by Crippen LogP contribution is -2.38. The number of hydrogen-bond donors (Lipinski definition) is 2. The molecule has 3 atom stereocenters. The number of carbonyl (C=O) groups excluding carboxylic acids is 1. The molecule has 120 valence electrons. The van der Waals surface area contributed by atoms with Crippen LogP contribution in [-0.4, -0.2) is 34.7 Å². The van der Waals surface area contributed by atoms with Gasteiger partial charge in [-0.05, 0) is 25.7 Å². The van der Waals surface area contributed by atoms with Crippen molar-refractivity contribution in [1.29, 1.82) is 0 Å². The molecule has 0 aliphatic heterocycles. The maximum absolute atomic E-state index is 12.0. The summed E-state index contributed by atoms with van der Waals surface area (Å²) in [7, 11) is 0. The van der Waals surface area contributed by atoms with Gasteiger partial charge >= 0.3 is 17.9 Å². The number of ether oxygens (including phenoxy) is 1. The number of rotatable bonds is 8. The molecule has 6 nitrogen and oxygen atoms in total. The first kappa shape index (κ1) is 17.5. The highest BCUT2D eigenvalue weighted by atomic mass is 16.5. The van der Waals surface area contributed by atoms with Crippen LogP contribution in [0, 0.1) is 17.8 Å². The van der Waals surface area contributed by atoms with Crippen molar-refractivity contribution in [2.75, 3.05) is 6.61 Å². The van der Waals surface area contributed by atoms with E-state index in [1.165, 1.54) is 0 Å². The molecular weight excluding hydrogens is 276 g/mol. The fraction of sp³-hybridized carbons (Fsp3) is 0.800. The Morgan fingerprint density at radius 1 is 1.00 bits per heavy atom. The summed E-state index contributed by atoms with van der Waals surface area (Å²) < 4.78 is 5.15. The van der Waals surface area contributed by atoms with Crippen molar-refractivity contribution in [2.24, 2.45) is 17.8 Å². The van der Waals surface area contributed by atoms with Gasteiger partial charge in [0, 0.05) is 0 Å². The van der Waals surface area contributed by atoms with Crippen LogP contribution in [0.4, 0.5) is 0 Å². The molecule has 0 radical (unpaired) electrons. The summed E-state index contributed by atoms with van der Waals surface area (Å²) in [6, 6.07) is 0. The van der Waals surface area contributed by atoms with E-state index in [0.29, 0.717) is 13.0 Å². The molecule has 0 amide bonds. The minimum absolute atomic E-state index is 0.000266. The van der Waals surface area contributed by atoms with Crippen LogP contribution >= 0.6 is 0 Å². The summed E-state index contributed by atoms with van der Waals surface area (Å²) in [5.41, 5.74) is 0. The van der Waals surface area contributed by atoms with Crippen molar-refractivity contribution in [3.63, 3.8) is 0 Å². The summed E-state index contributed by atoms with van der Waals surface area (Å²) >= 11 is 0. The lowest BCUT2D eigenvalue weighted by Gasteiger charge is -2.30. The minimum atomic E-state index is -1.12. The smallest absolute Gasteiger partial charge is 0.309 e. The Morgan fingerprint density at radius 3 is 2.29 bits per heavy atom. The van der Waals surface area contributed by atoms with Crippen LogP contribution in [0.15, 0.2) is 0 Å². The van der Waals surface area contributed by atoms with Crippen LogP contribution in [0.25, 0.3) is 0 Å². The highest BCUT2D eigenvalue weighted by molar-refractivity contribution is 5.82. The van der Waals surface area contributed by atoms with Gasteiger partial charge in [0.2, 0.25) is 0 Å². The van der Waals surface area contributed by atoms with E-state index in [1.54, 1.807) is 0 Å². The van der Waals surface area contributed by atoms with Crippen LogP contribution < -0.4 is 0 Å². The van der Waals surface area contributed by atoms with E-state index in [4.69, 9.17) is 9.84 Å². The maximum Gasteiger partial charge on any atom is 0.309 e. The number of carboxylic acids is 2. The van der Waals surface area contributed by atoms with Crippen LogP contribution in [0.3, 0.4) is 0 Å². The summed E-state index contributed by atoms with van der Waals surface area (Å²) in [6.45, 7) is 2.40. The average molecular weight is 300 g/mol. The second kappa shape index (κ2) is 8.64. The van der Waals surface area contributed by atoms with E-state index < -0.39 is 35.7 Å². The normalized spacial score (nSPS) is 25.3.